The molecule has 0 radical (unpaired) electrons. The Balaban J connectivity index is 1.81. The van der Waals surface area contributed by atoms with Gasteiger partial charge in [-0.3, -0.25) is 4.90 Å². The predicted molar refractivity (Wildman–Crippen MR) is 100 cm³/mol. The normalized spacial score (nSPS) is 29.0. The van der Waals surface area contributed by atoms with Crippen LogP contribution in [0.15, 0.2) is 24.3 Å². The summed E-state index contributed by atoms with van der Waals surface area (Å²) in [6, 6.07) is 7.87. The van der Waals surface area contributed by atoms with Crippen molar-refractivity contribution in [3.8, 4) is 0 Å². The van der Waals surface area contributed by atoms with E-state index in [9.17, 15) is 9.90 Å². The minimum Gasteiger partial charge on any atom is -0.444 e. The predicted octanol–water partition coefficient (Wildman–Crippen LogP) is 3.80. The zero-order valence-electron chi connectivity index (χ0n) is 16.5. The molecule has 1 aromatic rings. The standard InChI is InChI=1S/C21H31NO4/c1-14(2)15-6-8-16(9-7-15)21(24)10-17-12-25-13-18(11-21)22(17)19(23)26-20(3,4)5/h6-9,14,17-18,24H,10-13H2,1-5H3. The van der Waals surface area contributed by atoms with E-state index < -0.39 is 11.2 Å². The monoisotopic (exact) mass is 361 g/mol. The molecule has 5 heteroatoms. The summed E-state index contributed by atoms with van der Waals surface area (Å²) >= 11 is 0. The van der Waals surface area contributed by atoms with E-state index in [1.54, 1.807) is 4.90 Å². The van der Waals surface area contributed by atoms with Crippen molar-refractivity contribution in [3.05, 3.63) is 35.4 Å². The first-order valence-corrected chi connectivity index (χ1v) is 9.51. The Morgan fingerprint density at radius 3 is 2.19 bits per heavy atom. The Morgan fingerprint density at radius 1 is 1.19 bits per heavy atom. The maximum absolute atomic E-state index is 12.7. The van der Waals surface area contributed by atoms with Crippen LogP contribution in [-0.2, 0) is 15.1 Å². The summed E-state index contributed by atoms with van der Waals surface area (Å²) in [6.45, 7) is 10.8. The van der Waals surface area contributed by atoms with Gasteiger partial charge in [0.1, 0.15) is 5.60 Å². The average Bonchev–Trinajstić information content (AvgIpc) is 2.52. The second-order valence-corrected chi connectivity index (χ2v) is 8.95. The van der Waals surface area contributed by atoms with Crippen LogP contribution in [0.1, 0.15) is 64.5 Å². The minimum atomic E-state index is -0.937. The Bertz CT molecular complexity index is 633. The summed E-state index contributed by atoms with van der Waals surface area (Å²) in [5.41, 5.74) is 0.703. The van der Waals surface area contributed by atoms with Crippen molar-refractivity contribution in [3.63, 3.8) is 0 Å². The lowest BCUT2D eigenvalue weighted by molar-refractivity contribution is -0.141. The van der Waals surface area contributed by atoms with Gasteiger partial charge in [-0.15, -0.1) is 0 Å². The quantitative estimate of drug-likeness (QED) is 0.870. The van der Waals surface area contributed by atoms with Crippen molar-refractivity contribution in [1.29, 1.82) is 0 Å². The third-order valence-corrected chi connectivity index (χ3v) is 5.27. The maximum Gasteiger partial charge on any atom is 0.410 e. The molecule has 2 aliphatic heterocycles. The number of rotatable bonds is 2. The number of hydrogen-bond acceptors (Lipinski definition) is 4. The molecule has 1 aromatic carbocycles. The number of amides is 1. The highest BCUT2D eigenvalue weighted by Gasteiger charge is 2.49. The number of piperidine rings is 1. The van der Waals surface area contributed by atoms with Gasteiger partial charge in [0.15, 0.2) is 0 Å². The van der Waals surface area contributed by atoms with Crippen LogP contribution in [0.4, 0.5) is 4.79 Å². The van der Waals surface area contributed by atoms with Crippen LogP contribution in [0.5, 0.6) is 0 Å². The largest absolute Gasteiger partial charge is 0.444 e. The maximum atomic E-state index is 12.7. The number of ether oxygens (including phenoxy) is 2. The number of aliphatic hydroxyl groups is 1. The Kier molecular flexibility index (Phi) is 5.06. The second-order valence-electron chi connectivity index (χ2n) is 8.95. The molecule has 5 nitrogen and oxygen atoms in total. The average molecular weight is 361 g/mol. The van der Waals surface area contributed by atoms with Crippen LogP contribution >= 0.6 is 0 Å². The zero-order valence-corrected chi connectivity index (χ0v) is 16.5. The number of morpholine rings is 1. The molecule has 3 rings (SSSR count). The highest BCUT2D eigenvalue weighted by Crippen LogP contribution is 2.41. The molecule has 2 atom stereocenters. The number of nitrogens with zero attached hydrogens (tertiary/aromatic N) is 1. The van der Waals surface area contributed by atoms with Crippen molar-refractivity contribution in [1.82, 2.24) is 4.90 Å². The lowest BCUT2D eigenvalue weighted by Gasteiger charge is -2.51. The van der Waals surface area contributed by atoms with Crippen LogP contribution in [0, 0.1) is 0 Å². The number of benzene rings is 1. The first kappa shape index (κ1) is 19.2. The van der Waals surface area contributed by atoms with Gasteiger partial charge in [0.25, 0.3) is 0 Å². The molecule has 0 aromatic heterocycles. The van der Waals surface area contributed by atoms with Crippen LogP contribution < -0.4 is 0 Å². The number of fused-ring (bicyclic) bond motifs is 2. The van der Waals surface area contributed by atoms with Crippen molar-refractivity contribution in [2.75, 3.05) is 13.2 Å². The van der Waals surface area contributed by atoms with Crippen molar-refractivity contribution >= 4 is 6.09 Å². The van der Waals surface area contributed by atoms with Crippen LogP contribution in [0.25, 0.3) is 0 Å². The summed E-state index contributed by atoms with van der Waals surface area (Å²) in [4.78, 5) is 14.4. The molecule has 26 heavy (non-hydrogen) atoms. The number of hydrogen-bond donors (Lipinski definition) is 1. The highest BCUT2D eigenvalue weighted by atomic mass is 16.6. The Labute approximate surface area is 156 Å². The van der Waals surface area contributed by atoms with Gasteiger partial charge in [0.2, 0.25) is 0 Å². The molecule has 0 spiro atoms. The minimum absolute atomic E-state index is 0.174. The van der Waals surface area contributed by atoms with E-state index in [0.29, 0.717) is 32.0 Å². The van der Waals surface area contributed by atoms with E-state index in [2.05, 4.69) is 26.0 Å². The molecule has 2 saturated heterocycles. The molecule has 2 aliphatic rings. The van der Waals surface area contributed by atoms with E-state index in [0.717, 1.165) is 5.56 Å². The summed E-state index contributed by atoms with van der Waals surface area (Å²) in [5.74, 6) is 0.459. The number of carbonyl (C=O) groups excluding carboxylic acids is 1. The van der Waals surface area contributed by atoms with E-state index in [1.165, 1.54) is 5.56 Å². The van der Waals surface area contributed by atoms with Gasteiger partial charge in [-0.25, -0.2) is 4.79 Å². The first-order valence-electron chi connectivity index (χ1n) is 9.51. The molecule has 1 amide bonds. The van der Waals surface area contributed by atoms with Gasteiger partial charge in [-0.1, -0.05) is 38.1 Å². The Hall–Kier alpha value is -1.59. The topological polar surface area (TPSA) is 59.0 Å². The fourth-order valence-corrected chi connectivity index (χ4v) is 4.00. The molecule has 2 fully saturated rings. The summed E-state index contributed by atoms with van der Waals surface area (Å²) in [5, 5.41) is 11.4. The molecule has 0 saturated carbocycles. The smallest absolute Gasteiger partial charge is 0.410 e. The molecule has 0 aliphatic carbocycles. The molecule has 144 valence electrons. The van der Waals surface area contributed by atoms with E-state index in [1.807, 2.05) is 32.9 Å². The Morgan fingerprint density at radius 2 is 1.73 bits per heavy atom. The van der Waals surface area contributed by atoms with Gasteiger partial charge >= 0.3 is 6.09 Å². The number of carbonyl (C=O) groups is 1. The third-order valence-electron chi connectivity index (χ3n) is 5.27. The summed E-state index contributed by atoms with van der Waals surface area (Å²) < 4.78 is 11.2. The fourth-order valence-electron chi connectivity index (χ4n) is 4.00. The van der Waals surface area contributed by atoms with Crippen molar-refractivity contribution < 1.29 is 19.4 Å². The van der Waals surface area contributed by atoms with Crippen LogP contribution in [0.2, 0.25) is 0 Å². The van der Waals surface area contributed by atoms with Gasteiger partial charge < -0.3 is 14.6 Å². The van der Waals surface area contributed by atoms with Gasteiger partial charge in [0, 0.05) is 12.8 Å². The third kappa shape index (κ3) is 3.89. The van der Waals surface area contributed by atoms with E-state index in [4.69, 9.17) is 9.47 Å². The van der Waals surface area contributed by atoms with Gasteiger partial charge in [-0.05, 0) is 37.8 Å². The summed E-state index contributed by atoms with van der Waals surface area (Å²) in [6.07, 6.45) is 0.612. The first-order chi connectivity index (χ1) is 12.1. The van der Waals surface area contributed by atoms with E-state index >= 15 is 0 Å². The van der Waals surface area contributed by atoms with Crippen molar-refractivity contribution in [2.45, 2.75) is 76.7 Å². The second kappa shape index (κ2) is 6.86. The molecule has 2 unspecified atom stereocenters. The van der Waals surface area contributed by atoms with Gasteiger partial charge in [-0.2, -0.15) is 0 Å². The fraction of sp³-hybridized carbons (Fsp3) is 0.667. The lowest BCUT2D eigenvalue weighted by Crippen LogP contribution is -2.63. The summed E-state index contributed by atoms with van der Waals surface area (Å²) in [7, 11) is 0. The van der Waals surface area contributed by atoms with Gasteiger partial charge in [0.05, 0.1) is 30.9 Å². The highest BCUT2D eigenvalue weighted by molar-refractivity contribution is 5.69. The SMILES string of the molecule is CC(C)c1ccc(C2(O)CC3COCC(C2)N3C(=O)OC(C)(C)C)cc1. The lowest BCUT2D eigenvalue weighted by atomic mass is 9.76. The van der Waals surface area contributed by atoms with Crippen LogP contribution in [0.3, 0.4) is 0 Å². The molecule has 1 N–H and O–H groups in total. The van der Waals surface area contributed by atoms with E-state index in [-0.39, 0.29) is 18.2 Å². The molecule has 2 bridgehead atoms. The zero-order chi connectivity index (χ0) is 19.1. The molecular formula is C21H31NO4. The molecular weight excluding hydrogens is 330 g/mol. The van der Waals surface area contributed by atoms with Crippen LogP contribution in [-0.4, -0.2) is 47.0 Å². The van der Waals surface area contributed by atoms with Crippen molar-refractivity contribution in [2.24, 2.45) is 0 Å². The molecule has 2 heterocycles.